The van der Waals surface area contributed by atoms with E-state index in [1.807, 2.05) is 0 Å². The first kappa shape index (κ1) is 14.2. The molecule has 19 heavy (non-hydrogen) atoms. The van der Waals surface area contributed by atoms with Crippen molar-refractivity contribution in [1.82, 2.24) is 4.37 Å². The lowest BCUT2D eigenvalue weighted by Gasteiger charge is -2.09. The number of aliphatic hydroxyl groups excluding tert-OH is 2. The van der Waals surface area contributed by atoms with Gasteiger partial charge >= 0.3 is 0 Å². The molecule has 0 bridgehead atoms. The van der Waals surface area contributed by atoms with E-state index in [1.54, 1.807) is 18.2 Å². The lowest BCUT2D eigenvalue weighted by Crippen LogP contribution is -2.01. The second-order valence-corrected chi connectivity index (χ2v) is 5.33. The van der Waals surface area contributed by atoms with Gasteiger partial charge in [-0.15, -0.1) is 0 Å². The van der Waals surface area contributed by atoms with E-state index in [2.05, 4.69) is 9.37 Å². The Kier molecular flexibility index (Phi) is 5.11. The van der Waals surface area contributed by atoms with Crippen LogP contribution in [0.2, 0.25) is 5.15 Å². The monoisotopic (exact) mass is 320 g/mol. The van der Waals surface area contributed by atoms with Crippen LogP contribution in [0.1, 0.15) is 0 Å². The molecule has 0 fully saturated rings. The zero-order valence-electron chi connectivity index (χ0n) is 9.45. The van der Waals surface area contributed by atoms with Crippen LogP contribution >= 0.6 is 32.5 Å². The largest absolute Gasteiger partial charge is 0.464 e. The minimum Gasteiger partial charge on any atom is -0.464 e. The molecular formula is C10H9ClN2O4S2. The summed E-state index contributed by atoms with van der Waals surface area (Å²) < 4.78 is 14.5. The Morgan fingerprint density at radius 1 is 1.21 bits per heavy atom. The Bertz CT molecular complexity index is 614. The highest BCUT2D eigenvalue weighted by Crippen LogP contribution is 2.31. The van der Waals surface area contributed by atoms with Gasteiger partial charge in [-0.2, -0.15) is 4.37 Å². The Hall–Kier alpha value is -1.19. The van der Waals surface area contributed by atoms with Gasteiger partial charge in [0.05, 0.1) is 5.69 Å². The van der Waals surface area contributed by atoms with E-state index in [0.717, 1.165) is 0 Å². The Balaban J connectivity index is 2.38. The molecule has 0 aliphatic heterocycles. The fourth-order valence-electron chi connectivity index (χ4n) is 1.28. The first-order chi connectivity index (χ1) is 9.24. The van der Waals surface area contributed by atoms with E-state index >= 15 is 0 Å². The summed E-state index contributed by atoms with van der Waals surface area (Å²) in [5, 5.41) is 17.9. The average molecular weight is 321 g/mol. The maximum absolute atomic E-state index is 8.81. The molecule has 0 amide bonds. The quantitative estimate of drug-likeness (QED) is 0.647. The summed E-state index contributed by atoms with van der Waals surface area (Å²) >= 11 is 5.86. The van der Waals surface area contributed by atoms with Crippen molar-refractivity contribution in [1.29, 1.82) is 0 Å². The van der Waals surface area contributed by atoms with Crippen molar-refractivity contribution in [3.05, 3.63) is 28.0 Å². The Morgan fingerprint density at radius 3 is 2.58 bits per heavy atom. The van der Waals surface area contributed by atoms with Crippen LogP contribution in [-0.2, 0) is 0 Å². The number of hydrogen-bond acceptors (Lipinski definition) is 8. The number of hydrogen-bond donors (Lipinski definition) is 2. The molecule has 0 spiro atoms. The van der Waals surface area contributed by atoms with Crippen LogP contribution in [-0.4, -0.2) is 28.2 Å². The molecule has 9 heteroatoms. The van der Waals surface area contributed by atoms with Crippen LogP contribution in [0.15, 0.2) is 23.2 Å². The molecule has 102 valence electrons. The molecule has 2 rings (SSSR count). The van der Waals surface area contributed by atoms with Crippen LogP contribution in [0.25, 0.3) is 0 Å². The second kappa shape index (κ2) is 6.83. The summed E-state index contributed by atoms with van der Waals surface area (Å²) in [6, 6.07) is 4.83. The molecule has 1 heterocycles. The van der Waals surface area contributed by atoms with Crippen molar-refractivity contribution in [3.63, 3.8) is 0 Å². The van der Waals surface area contributed by atoms with Gasteiger partial charge in [0.15, 0.2) is 34.9 Å². The number of rotatable bonds is 5. The number of halogens is 1. The molecule has 0 atom stereocenters. The predicted molar refractivity (Wildman–Crippen MR) is 72.1 cm³/mol. The predicted octanol–water partition coefficient (Wildman–Crippen LogP) is 1.75. The summed E-state index contributed by atoms with van der Waals surface area (Å²) in [5.41, 5.74) is 0.576. The maximum atomic E-state index is 8.81. The first-order valence-electron chi connectivity index (χ1n) is 5.02. The number of ether oxygens (including phenoxy) is 2. The minimum absolute atomic E-state index is 0.280. The molecule has 2 N–H and O–H groups in total. The van der Waals surface area contributed by atoms with E-state index in [9.17, 15) is 0 Å². The van der Waals surface area contributed by atoms with Gasteiger partial charge in [0.25, 0.3) is 0 Å². The van der Waals surface area contributed by atoms with Crippen molar-refractivity contribution >= 4 is 38.2 Å². The zero-order valence-corrected chi connectivity index (χ0v) is 11.8. The molecule has 0 saturated heterocycles. The van der Waals surface area contributed by atoms with Crippen LogP contribution in [0.4, 0.5) is 5.69 Å². The molecule has 2 aromatic rings. The summed E-state index contributed by atoms with van der Waals surface area (Å²) in [6.07, 6.45) is 0. The summed E-state index contributed by atoms with van der Waals surface area (Å²) in [4.78, 5) is 4.30. The van der Waals surface area contributed by atoms with Crippen molar-refractivity contribution in [2.45, 2.75) is 0 Å². The minimum atomic E-state index is -0.505. The molecule has 0 aliphatic rings. The highest BCUT2D eigenvalue weighted by atomic mass is 35.5. The average Bonchev–Trinajstić information content (AvgIpc) is 2.79. The van der Waals surface area contributed by atoms with Gasteiger partial charge in [0.1, 0.15) is 0 Å². The van der Waals surface area contributed by atoms with Gasteiger partial charge in [0.2, 0.25) is 0 Å². The van der Waals surface area contributed by atoms with Crippen molar-refractivity contribution in [2.24, 2.45) is 4.99 Å². The van der Waals surface area contributed by atoms with E-state index in [4.69, 9.17) is 31.3 Å². The highest BCUT2D eigenvalue weighted by molar-refractivity contribution is 7.66. The van der Waals surface area contributed by atoms with Gasteiger partial charge in [-0.05, 0) is 22.5 Å². The van der Waals surface area contributed by atoms with Gasteiger partial charge < -0.3 is 19.7 Å². The van der Waals surface area contributed by atoms with E-state index < -0.39 is 13.6 Å². The second-order valence-electron chi connectivity index (χ2n) is 3.13. The van der Waals surface area contributed by atoms with Gasteiger partial charge in [-0.1, -0.05) is 11.6 Å². The lowest BCUT2D eigenvalue weighted by molar-refractivity contribution is 0.0744. The normalized spacial score (nSPS) is 11.6. The first-order valence-corrected chi connectivity index (χ1v) is 7.50. The zero-order chi connectivity index (χ0) is 13.7. The summed E-state index contributed by atoms with van der Waals surface area (Å²) in [6.45, 7) is -0.991. The van der Waals surface area contributed by atoms with E-state index in [0.29, 0.717) is 21.3 Å². The van der Waals surface area contributed by atoms with E-state index in [1.165, 1.54) is 20.9 Å². The highest BCUT2D eigenvalue weighted by Gasteiger charge is 2.07. The number of benzene rings is 1. The summed E-state index contributed by atoms with van der Waals surface area (Å²) in [7, 11) is 2.60. The third kappa shape index (κ3) is 3.64. The SMILES string of the molecule is OCOc1ccc(N=c2ssnc2Cl)cc1OCO. The Labute approximate surface area is 120 Å². The van der Waals surface area contributed by atoms with Crippen LogP contribution in [0.5, 0.6) is 11.5 Å². The molecule has 6 nitrogen and oxygen atoms in total. The van der Waals surface area contributed by atoms with Gasteiger partial charge in [0, 0.05) is 16.6 Å². The van der Waals surface area contributed by atoms with Crippen LogP contribution in [0, 0.1) is 0 Å². The van der Waals surface area contributed by atoms with Gasteiger partial charge in [-0.25, -0.2) is 4.99 Å². The number of aliphatic hydroxyl groups is 2. The third-order valence-electron chi connectivity index (χ3n) is 2.01. The van der Waals surface area contributed by atoms with Crippen LogP contribution < -0.4 is 14.1 Å². The summed E-state index contributed by atoms with van der Waals surface area (Å²) in [5.74, 6) is 0.593. The van der Waals surface area contributed by atoms with Gasteiger partial charge in [-0.3, -0.25) is 0 Å². The van der Waals surface area contributed by atoms with Crippen molar-refractivity contribution in [2.75, 3.05) is 13.6 Å². The number of aromatic nitrogens is 1. The molecule has 1 aromatic heterocycles. The maximum Gasteiger partial charge on any atom is 0.186 e. The standard InChI is InChI=1S/C10H9ClN2O4S2/c11-9-10(18-19-13-9)12-6-1-2-7(16-4-14)8(3-6)17-5-15/h1-3,14-15H,4-5H2. The van der Waals surface area contributed by atoms with Crippen molar-refractivity contribution in [3.8, 4) is 11.5 Å². The topological polar surface area (TPSA) is 84.2 Å². The van der Waals surface area contributed by atoms with Crippen LogP contribution in [0.3, 0.4) is 0 Å². The molecular weight excluding hydrogens is 312 g/mol. The third-order valence-corrected chi connectivity index (χ3v) is 4.18. The lowest BCUT2D eigenvalue weighted by atomic mass is 10.3. The fraction of sp³-hybridized carbons (Fsp3) is 0.200. The molecule has 1 aromatic carbocycles. The van der Waals surface area contributed by atoms with E-state index in [-0.39, 0.29) is 5.75 Å². The fourth-order valence-corrected chi connectivity index (χ4v) is 3.27. The molecule has 0 unspecified atom stereocenters. The van der Waals surface area contributed by atoms with Crippen molar-refractivity contribution < 1.29 is 19.7 Å². The molecule has 0 radical (unpaired) electrons. The molecule has 0 aliphatic carbocycles. The smallest absolute Gasteiger partial charge is 0.186 e. The Morgan fingerprint density at radius 2 is 1.95 bits per heavy atom. The number of nitrogens with zero attached hydrogens (tertiary/aromatic N) is 2. The molecule has 0 saturated carbocycles.